The van der Waals surface area contributed by atoms with Crippen LogP contribution in [0.2, 0.25) is 0 Å². The van der Waals surface area contributed by atoms with Gasteiger partial charge in [-0.15, -0.1) is 0 Å². The predicted octanol–water partition coefficient (Wildman–Crippen LogP) is 1.79. The van der Waals surface area contributed by atoms with E-state index in [0.717, 1.165) is 22.2 Å². The first-order valence-electron chi connectivity index (χ1n) is 7.72. The number of aromatic amines is 1. The van der Waals surface area contributed by atoms with Gasteiger partial charge in [0.05, 0.1) is 18.0 Å². The molecule has 3 aromatic heterocycles. The van der Waals surface area contributed by atoms with Crippen LogP contribution in [0.25, 0.3) is 22.1 Å². The standard InChI is InChI=1S/C16H16N8O/c1-8-3-12-10(5-21-23-12)4-11(8)22-16(25)9(2)24-7-20-13-14(17)18-6-19-15(13)24/h3-7,9H,1-2H3,(H,21,23)(H,22,25)(H2,17,18,19). The van der Waals surface area contributed by atoms with Gasteiger partial charge >= 0.3 is 0 Å². The number of nitrogens with one attached hydrogen (secondary N) is 2. The number of H-pyrrole nitrogens is 1. The number of nitrogens with zero attached hydrogens (tertiary/aromatic N) is 5. The van der Waals surface area contributed by atoms with Crippen LogP contribution in [0.4, 0.5) is 11.5 Å². The lowest BCUT2D eigenvalue weighted by Gasteiger charge is -2.15. The van der Waals surface area contributed by atoms with E-state index < -0.39 is 6.04 Å². The number of nitrogens with two attached hydrogens (primary N) is 1. The number of hydrogen-bond donors (Lipinski definition) is 3. The second-order valence-electron chi connectivity index (χ2n) is 5.87. The molecule has 1 unspecified atom stereocenters. The van der Waals surface area contributed by atoms with Crippen LogP contribution < -0.4 is 11.1 Å². The van der Waals surface area contributed by atoms with Crippen molar-refractivity contribution in [2.45, 2.75) is 19.9 Å². The van der Waals surface area contributed by atoms with Gasteiger partial charge in [-0.1, -0.05) is 0 Å². The fourth-order valence-corrected chi connectivity index (χ4v) is 2.75. The van der Waals surface area contributed by atoms with Gasteiger partial charge in [-0.25, -0.2) is 15.0 Å². The first kappa shape index (κ1) is 15.1. The van der Waals surface area contributed by atoms with Gasteiger partial charge in [0.1, 0.15) is 17.9 Å². The number of amides is 1. The zero-order valence-electron chi connectivity index (χ0n) is 13.7. The third-order valence-corrected chi connectivity index (χ3v) is 4.23. The molecule has 4 aromatic rings. The van der Waals surface area contributed by atoms with E-state index >= 15 is 0 Å². The number of aryl methyl sites for hydroxylation is 1. The number of fused-ring (bicyclic) bond motifs is 2. The maximum absolute atomic E-state index is 12.7. The number of imidazole rings is 1. The molecule has 1 amide bonds. The van der Waals surface area contributed by atoms with Crippen molar-refractivity contribution in [2.75, 3.05) is 11.1 Å². The molecular formula is C16H16N8O. The molecule has 0 aliphatic carbocycles. The van der Waals surface area contributed by atoms with Gasteiger partial charge in [-0.05, 0) is 31.5 Å². The SMILES string of the molecule is Cc1cc2[nH]ncc2cc1NC(=O)C(C)n1cnc2c(N)ncnc21. The van der Waals surface area contributed by atoms with Crippen molar-refractivity contribution < 1.29 is 4.79 Å². The molecule has 0 spiro atoms. The average molecular weight is 336 g/mol. The highest BCUT2D eigenvalue weighted by Crippen LogP contribution is 2.24. The highest BCUT2D eigenvalue weighted by molar-refractivity contribution is 5.97. The number of carbonyl (C=O) groups is 1. The molecule has 0 aliphatic heterocycles. The van der Waals surface area contributed by atoms with E-state index in [-0.39, 0.29) is 11.7 Å². The van der Waals surface area contributed by atoms with E-state index in [1.807, 2.05) is 19.1 Å². The van der Waals surface area contributed by atoms with Gasteiger partial charge in [0.2, 0.25) is 5.91 Å². The normalized spacial score (nSPS) is 12.6. The summed E-state index contributed by atoms with van der Waals surface area (Å²) in [4.78, 5) is 25.0. The molecule has 0 fully saturated rings. The van der Waals surface area contributed by atoms with Crippen molar-refractivity contribution in [3.63, 3.8) is 0 Å². The van der Waals surface area contributed by atoms with Crippen molar-refractivity contribution in [1.29, 1.82) is 0 Å². The lowest BCUT2D eigenvalue weighted by Crippen LogP contribution is -2.23. The van der Waals surface area contributed by atoms with Crippen LogP contribution in [0.1, 0.15) is 18.5 Å². The Morgan fingerprint density at radius 3 is 3.00 bits per heavy atom. The molecule has 9 heteroatoms. The molecule has 0 radical (unpaired) electrons. The fourth-order valence-electron chi connectivity index (χ4n) is 2.75. The number of anilines is 2. The highest BCUT2D eigenvalue weighted by atomic mass is 16.2. The number of benzene rings is 1. The summed E-state index contributed by atoms with van der Waals surface area (Å²) in [5.41, 5.74) is 9.42. The summed E-state index contributed by atoms with van der Waals surface area (Å²) in [6, 6.07) is 3.33. The lowest BCUT2D eigenvalue weighted by atomic mass is 10.1. The number of rotatable bonds is 3. The Morgan fingerprint density at radius 1 is 1.32 bits per heavy atom. The summed E-state index contributed by atoms with van der Waals surface area (Å²) < 4.78 is 1.68. The zero-order valence-corrected chi connectivity index (χ0v) is 13.7. The van der Waals surface area contributed by atoms with Crippen LogP contribution in [0.15, 0.2) is 31.0 Å². The van der Waals surface area contributed by atoms with Gasteiger partial charge in [-0.2, -0.15) is 5.10 Å². The largest absolute Gasteiger partial charge is 0.382 e. The summed E-state index contributed by atoms with van der Waals surface area (Å²) in [5, 5.41) is 10.8. The molecule has 3 heterocycles. The van der Waals surface area contributed by atoms with E-state index in [1.54, 1.807) is 24.0 Å². The smallest absolute Gasteiger partial charge is 0.247 e. The third kappa shape index (κ3) is 2.45. The first-order valence-corrected chi connectivity index (χ1v) is 7.72. The van der Waals surface area contributed by atoms with Crippen molar-refractivity contribution >= 4 is 39.5 Å². The van der Waals surface area contributed by atoms with Crippen LogP contribution in [0.3, 0.4) is 0 Å². The molecule has 9 nitrogen and oxygen atoms in total. The minimum Gasteiger partial charge on any atom is -0.382 e. The van der Waals surface area contributed by atoms with Crippen LogP contribution in [0, 0.1) is 6.92 Å². The Labute approximate surface area is 142 Å². The summed E-state index contributed by atoms with van der Waals surface area (Å²) in [6.07, 6.45) is 4.63. The average Bonchev–Trinajstić information content (AvgIpc) is 3.21. The molecule has 126 valence electrons. The molecule has 0 saturated carbocycles. The van der Waals surface area contributed by atoms with Crippen molar-refractivity contribution in [3.8, 4) is 0 Å². The highest BCUT2D eigenvalue weighted by Gasteiger charge is 2.20. The first-order chi connectivity index (χ1) is 12.0. The van der Waals surface area contributed by atoms with Gasteiger partial charge < -0.3 is 15.6 Å². The van der Waals surface area contributed by atoms with E-state index in [0.29, 0.717) is 11.2 Å². The maximum atomic E-state index is 12.7. The van der Waals surface area contributed by atoms with E-state index in [4.69, 9.17) is 5.73 Å². The summed E-state index contributed by atoms with van der Waals surface area (Å²) >= 11 is 0. The quantitative estimate of drug-likeness (QED) is 0.523. The Kier molecular flexibility index (Phi) is 3.34. The second kappa shape index (κ2) is 5.55. The molecule has 1 atom stereocenters. The summed E-state index contributed by atoms with van der Waals surface area (Å²) in [6.45, 7) is 3.71. The summed E-state index contributed by atoms with van der Waals surface area (Å²) in [5.74, 6) is 0.111. The van der Waals surface area contributed by atoms with Crippen LogP contribution in [0.5, 0.6) is 0 Å². The van der Waals surface area contributed by atoms with Crippen LogP contribution >= 0.6 is 0 Å². The second-order valence-corrected chi connectivity index (χ2v) is 5.87. The van der Waals surface area contributed by atoms with Crippen LogP contribution in [-0.4, -0.2) is 35.6 Å². The molecule has 0 saturated heterocycles. The predicted molar refractivity (Wildman–Crippen MR) is 93.9 cm³/mol. The van der Waals surface area contributed by atoms with Crippen molar-refractivity contribution in [1.82, 2.24) is 29.7 Å². The Morgan fingerprint density at radius 2 is 2.16 bits per heavy atom. The van der Waals surface area contributed by atoms with Gasteiger partial charge in [0.15, 0.2) is 11.5 Å². The monoisotopic (exact) mass is 336 g/mol. The van der Waals surface area contributed by atoms with Crippen molar-refractivity contribution in [3.05, 3.63) is 36.5 Å². The minimum absolute atomic E-state index is 0.178. The molecule has 4 rings (SSSR count). The third-order valence-electron chi connectivity index (χ3n) is 4.23. The Balaban J connectivity index is 1.65. The lowest BCUT2D eigenvalue weighted by molar-refractivity contribution is -0.118. The molecule has 0 aliphatic rings. The van der Waals surface area contributed by atoms with Crippen LogP contribution in [-0.2, 0) is 4.79 Å². The molecular weight excluding hydrogens is 320 g/mol. The molecule has 25 heavy (non-hydrogen) atoms. The molecule has 0 bridgehead atoms. The molecule has 4 N–H and O–H groups in total. The van der Waals surface area contributed by atoms with Crippen molar-refractivity contribution in [2.24, 2.45) is 0 Å². The number of aromatic nitrogens is 6. The van der Waals surface area contributed by atoms with Gasteiger partial charge in [0.25, 0.3) is 0 Å². The number of carbonyl (C=O) groups excluding carboxylic acids is 1. The molecule has 1 aromatic carbocycles. The number of hydrogen-bond acceptors (Lipinski definition) is 6. The van der Waals surface area contributed by atoms with Gasteiger partial charge in [0, 0.05) is 11.1 Å². The minimum atomic E-state index is -0.515. The number of nitrogen functional groups attached to an aromatic ring is 1. The van der Waals surface area contributed by atoms with E-state index in [2.05, 4.69) is 30.5 Å². The topological polar surface area (TPSA) is 127 Å². The zero-order chi connectivity index (χ0) is 17.6. The summed E-state index contributed by atoms with van der Waals surface area (Å²) in [7, 11) is 0. The van der Waals surface area contributed by atoms with E-state index in [9.17, 15) is 4.79 Å². The van der Waals surface area contributed by atoms with E-state index in [1.165, 1.54) is 6.33 Å². The Bertz CT molecular complexity index is 1100. The Hall–Kier alpha value is -3.49. The fraction of sp³-hybridized carbons (Fsp3) is 0.188. The van der Waals surface area contributed by atoms with Gasteiger partial charge in [-0.3, -0.25) is 9.89 Å². The maximum Gasteiger partial charge on any atom is 0.247 e.